The van der Waals surface area contributed by atoms with Gasteiger partial charge in [-0.3, -0.25) is 14.5 Å². The number of carbonyl (C=O) groups is 2. The number of aromatic nitrogens is 3. The number of nitrogens with zero attached hydrogens (tertiary/aromatic N) is 4. The highest BCUT2D eigenvalue weighted by atomic mass is 16.4. The van der Waals surface area contributed by atoms with Gasteiger partial charge in [-0.25, -0.2) is 4.79 Å². The van der Waals surface area contributed by atoms with Crippen molar-refractivity contribution in [1.29, 1.82) is 0 Å². The summed E-state index contributed by atoms with van der Waals surface area (Å²) in [7, 11) is 0. The van der Waals surface area contributed by atoms with E-state index >= 15 is 0 Å². The molecule has 1 fully saturated rings. The second-order valence-corrected chi connectivity index (χ2v) is 8.16. The molecule has 0 bridgehead atoms. The summed E-state index contributed by atoms with van der Waals surface area (Å²) in [5.74, 6) is -0.265. The number of amides is 2. The van der Waals surface area contributed by atoms with Gasteiger partial charge in [-0.2, -0.15) is 5.10 Å². The smallest absolute Gasteiger partial charge is 0.407 e. The maximum atomic E-state index is 12.5. The van der Waals surface area contributed by atoms with E-state index in [4.69, 9.17) is 0 Å². The van der Waals surface area contributed by atoms with Crippen LogP contribution in [0.15, 0.2) is 55.1 Å². The Morgan fingerprint density at radius 2 is 2.03 bits per heavy atom. The van der Waals surface area contributed by atoms with Gasteiger partial charge in [0.2, 0.25) is 5.91 Å². The topological polar surface area (TPSA) is 100 Å². The van der Waals surface area contributed by atoms with Gasteiger partial charge in [0.1, 0.15) is 0 Å². The third kappa shape index (κ3) is 4.25. The van der Waals surface area contributed by atoms with Crippen LogP contribution in [0.1, 0.15) is 35.6 Å². The molecule has 8 heteroatoms. The Morgan fingerprint density at radius 1 is 1.16 bits per heavy atom. The average Bonchev–Trinajstić information content (AvgIpc) is 3.54. The van der Waals surface area contributed by atoms with E-state index in [1.807, 2.05) is 41.3 Å². The van der Waals surface area contributed by atoms with Crippen molar-refractivity contribution in [3.63, 3.8) is 0 Å². The SMILES string of the molecule is O=C(C=Cc1cnccc1-c1cnn(C2CC2)c1)Nc1ccc2c(c1)CN(C(=O)O)CC2. The van der Waals surface area contributed by atoms with Crippen LogP contribution in [0, 0.1) is 0 Å². The van der Waals surface area contributed by atoms with E-state index in [9.17, 15) is 14.7 Å². The molecule has 1 aromatic carbocycles. The molecule has 32 heavy (non-hydrogen) atoms. The fourth-order valence-electron chi connectivity index (χ4n) is 3.97. The van der Waals surface area contributed by atoms with Crippen molar-refractivity contribution in [3.05, 3.63) is 71.8 Å². The molecule has 0 atom stereocenters. The molecule has 2 aliphatic rings. The van der Waals surface area contributed by atoms with E-state index in [0.29, 0.717) is 31.2 Å². The second kappa shape index (κ2) is 8.30. The molecule has 3 heterocycles. The van der Waals surface area contributed by atoms with Crippen molar-refractivity contribution in [1.82, 2.24) is 19.7 Å². The minimum Gasteiger partial charge on any atom is -0.465 e. The lowest BCUT2D eigenvalue weighted by Gasteiger charge is -2.26. The van der Waals surface area contributed by atoms with Gasteiger partial charge in [-0.05, 0) is 60.2 Å². The van der Waals surface area contributed by atoms with E-state index in [2.05, 4.69) is 15.4 Å². The van der Waals surface area contributed by atoms with Crippen molar-refractivity contribution in [2.75, 3.05) is 11.9 Å². The third-order valence-electron chi connectivity index (χ3n) is 5.86. The molecule has 0 saturated heterocycles. The molecule has 8 nitrogen and oxygen atoms in total. The predicted octanol–water partition coefficient (Wildman–Crippen LogP) is 3.97. The number of carbonyl (C=O) groups excluding carboxylic acids is 1. The maximum Gasteiger partial charge on any atom is 0.407 e. The number of fused-ring (bicyclic) bond motifs is 1. The van der Waals surface area contributed by atoms with Crippen LogP contribution >= 0.6 is 0 Å². The van der Waals surface area contributed by atoms with E-state index in [0.717, 1.165) is 27.8 Å². The lowest BCUT2D eigenvalue weighted by Crippen LogP contribution is -2.34. The number of nitrogens with one attached hydrogen (secondary N) is 1. The summed E-state index contributed by atoms with van der Waals surface area (Å²) in [6.07, 6.45) is 12.7. The predicted molar refractivity (Wildman–Crippen MR) is 120 cm³/mol. The summed E-state index contributed by atoms with van der Waals surface area (Å²) in [6, 6.07) is 8.07. The molecule has 0 unspecified atom stereocenters. The first-order valence-corrected chi connectivity index (χ1v) is 10.6. The molecule has 1 saturated carbocycles. The highest BCUT2D eigenvalue weighted by molar-refractivity contribution is 6.02. The highest BCUT2D eigenvalue weighted by Gasteiger charge is 2.24. The number of hydrogen-bond acceptors (Lipinski definition) is 4. The van der Waals surface area contributed by atoms with Crippen LogP contribution in [0.4, 0.5) is 10.5 Å². The molecule has 2 N–H and O–H groups in total. The first-order chi connectivity index (χ1) is 15.6. The largest absolute Gasteiger partial charge is 0.465 e. The van der Waals surface area contributed by atoms with Gasteiger partial charge < -0.3 is 15.3 Å². The summed E-state index contributed by atoms with van der Waals surface area (Å²) in [4.78, 5) is 29.4. The fourth-order valence-corrected chi connectivity index (χ4v) is 3.97. The van der Waals surface area contributed by atoms with Crippen molar-refractivity contribution in [2.24, 2.45) is 0 Å². The standard InChI is InChI=1S/C24H23N5O3/c30-23(27-20-3-1-16-8-10-28(24(31)32)14-18(16)11-20)6-2-17-12-25-9-7-22(17)19-13-26-29(15-19)21-4-5-21/h1-3,6-7,9,11-13,15,21H,4-5,8,10,14H2,(H,27,30)(H,31,32). The maximum absolute atomic E-state index is 12.5. The van der Waals surface area contributed by atoms with Crippen LogP contribution in [-0.4, -0.2) is 43.3 Å². The van der Waals surface area contributed by atoms with Gasteiger partial charge in [0.25, 0.3) is 0 Å². The van der Waals surface area contributed by atoms with Gasteiger partial charge in [-0.1, -0.05) is 6.07 Å². The summed E-state index contributed by atoms with van der Waals surface area (Å²) in [6.45, 7) is 0.821. The Kier molecular flexibility index (Phi) is 5.18. The average molecular weight is 429 g/mol. The van der Waals surface area contributed by atoms with Gasteiger partial charge in [-0.15, -0.1) is 0 Å². The van der Waals surface area contributed by atoms with Crippen molar-refractivity contribution < 1.29 is 14.7 Å². The number of anilines is 1. The molecular weight excluding hydrogens is 406 g/mol. The van der Waals surface area contributed by atoms with Crippen molar-refractivity contribution in [3.8, 4) is 11.1 Å². The van der Waals surface area contributed by atoms with Gasteiger partial charge in [0.05, 0.1) is 12.2 Å². The normalized spacial score (nSPS) is 15.6. The Labute approximate surface area is 185 Å². The van der Waals surface area contributed by atoms with Crippen molar-refractivity contribution in [2.45, 2.75) is 31.8 Å². The highest BCUT2D eigenvalue weighted by Crippen LogP contribution is 2.35. The summed E-state index contributed by atoms with van der Waals surface area (Å²) in [5, 5.41) is 16.5. The van der Waals surface area contributed by atoms with E-state index in [-0.39, 0.29) is 5.91 Å². The number of benzene rings is 1. The summed E-state index contributed by atoms with van der Waals surface area (Å²) < 4.78 is 2.00. The third-order valence-corrected chi connectivity index (χ3v) is 5.86. The second-order valence-electron chi connectivity index (χ2n) is 8.16. The molecule has 162 valence electrons. The Hall–Kier alpha value is -3.94. The fraction of sp³-hybridized carbons (Fsp3) is 0.250. The van der Waals surface area contributed by atoms with Crippen LogP contribution in [-0.2, 0) is 17.8 Å². The zero-order valence-electron chi connectivity index (χ0n) is 17.4. The van der Waals surface area contributed by atoms with Gasteiger partial charge >= 0.3 is 6.09 Å². The van der Waals surface area contributed by atoms with E-state index in [1.54, 1.807) is 18.5 Å². The van der Waals surface area contributed by atoms with Crippen LogP contribution in [0.3, 0.4) is 0 Å². The number of rotatable bonds is 5. The first-order valence-electron chi connectivity index (χ1n) is 10.6. The van der Waals surface area contributed by atoms with Crippen molar-refractivity contribution >= 4 is 23.8 Å². The number of pyridine rings is 1. The van der Waals surface area contributed by atoms with E-state index < -0.39 is 6.09 Å². The Balaban J connectivity index is 1.29. The van der Waals surface area contributed by atoms with Crippen LogP contribution in [0.25, 0.3) is 17.2 Å². The molecule has 3 aromatic rings. The number of hydrogen-bond donors (Lipinski definition) is 2. The lowest BCUT2D eigenvalue weighted by atomic mass is 9.99. The molecule has 2 amide bonds. The Bertz CT molecular complexity index is 1210. The van der Waals surface area contributed by atoms with Crippen LogP contribution in [0.5, 0.6) is 0 Å². The first kappa shape index (κ1) is 20.0. The molecule has 1 aliphatic heterocycles. The van der Waals surface area contributed by atoms with E-state index in [1.165, 1.54) is 23.8 Å². The van der Waals surface area contributed by atoms with Crippen LogP contribution in [0.2, 0.25) is 0 Å². The minimum atomic E-state index is -0.928. The van der Waals surface area contributed by atoms with Gasteiger partial charge in [0.15, 0.2) is 0 Å². The molecular formula is C24H23N5O3. The molecule has 1 aliphatic carbocycles. The quantitative estimate of drug-likeness (QED) is 0.598. The Morgan fingerprint density at radius 3 is 2.84 bits per heavy atom. The minimum absolute atomic E-state index is 0.265. The molecule has 0 spiro atoms. The summed E-state index contributed by atoms with van der Waals surface area (Å²) in [5.41, 5.74) is 5.48. The van der Waals surface area contributed by atoms with Crippen LogP contribution < -0.4 is 5.32 Å². The molecule has 5 rings (SSSR count). The summed E-state index contributed by atoms with van der Waals surface area (Å²) >= 11 is 0. The molecule has 2 aromatic heterocycles. The lowest BCUT2D eigenvalue weighted by molar-refractivity contribution is -0.111. The zero-order chi connectivity index (χ0) is 22.1. The number of carboxylic acid groups (broad SMARTS) is 1. The monoisotopic (exact) mass is 429 g/mol. The molecule has 0 radical (unpaired) electrons. The zero-order valence-corrected chi connectivity index (χ0v) is 17.4. The van der Waals surface area contributed by atoms with Gasteiger partial charge in [0, 0.05) is 54.6 Å².